The molecule has 32 heavy (non-hydrogen) atoms. The van der Waals surface area contributed by atoms with E-state index >= 15 is 0 Å². The second-order valence-corrected chi connectivity index (χ2v) is 8.58. The lowest BCUT2D eigenvalue weighted by molar-refractivity contribution is -0.138. The molecule has 2 heterocycles. The van der Waals surface area contributed by atoms with E-state index in [-0.39, 0.29) is 43.1 Å². The van der Waals surface area contributed by atoms with Crippen molar-refractivity contribution in [2.75, 3.05) is 36.1 Å². The van der Waals surface area contributed by atoms with E-state index < -0.39 is 17.2 Å². The Labute approximate surface area is 183 Å². The number of nitrogens with zero attached hydrogens (tertiary/aromatic N) is 3. The van der Waals surface area contributed by atoms with Crippen molar-refractivity contribution in [2.45, 2.75) is 33.4 Å². The summed E-state index contributed by atoms with van der Waals surface area (Å²) >= 11 is 0. The van der Waals surface area contributed by atoms with Gasteiger partial charge in [0.15, 0.2) is 0 Å². The fraction of sp³-hybridized carbons (Fsp3) is 0.429. The molecule has 0 aliphatic carbocycles. The van der Waals surface area contributed by atoms with E-state index in [1.807, 2.05) is 0 Å². The summed E-state index contributed by atoms with van der Waals surface area (Å²) in [5.41, 5.74) is 0.425. The lowest BCUT2D eigenvalue weighted by Gasteiger charge is -2.26. The standard InChI is InChI=1S/C21H25F3N6O2/c1-20(2,3)18(32)30(4)8-7-25-17-14(21(22,23)24)11-26-19(29-17)27-13-5-6-15-12(9-13)10-16(31)28-15/h5-6,9,11H,7-8,10H2,1-4H3,(H,28,31)(H2,25,26,27,29). The molecule has 11 heteroatoms. The van der Waals surface area contributed by atoms with E-state index in [0.29, 0.717) is 17.6 Å². The molecule has 0 unspecified atom stereocenters. The number of amides is 2. The summed E-state index contributed by atoms with van der Waals surface area (Å²) in [5.74, 6) is -0.657. The number of hydrogen-bond acceptors (Lipinski definition) is 6. The number of nitrogens with one attached hydrogen (secondary N) is 3. The average molecular weight is 450 g/mol. The van der Waals surface area contributed by atoms with Crippen LogP contribution in [-0.4, -0.2) is 46.8 Å². The molecule has 1 aromatic heterocycles. The maximum atomic E-state index is 13.4. The van der Waals surface area contributed by atoms with Gasteiger partial charge in [-0.3, -0.25) is 9.59 Å². The largest absolute Gasteiger partial charge is 0.421 e. The minimum absolute atomic E-state index is 0.0307. The van der Waals surface area contributed by atoms with Crippen LogP contribution in [0.25, 0.3) is 0 Å². The SMILES string of the molecule is CN(CCNc1nc(Nc2ccc3c(c2)CC(=O)N3)ncc1C(F)(F)F)C(=O)C(C)(C)C. The monoisotopic (exact) mass is 450 g/mol. The predicted molar refractivity (Wildman–Crippen MR) is 115 cm³/mol. The molecule has 0 radical (unpaired) electrons. The predicted octanol–water partition coefficient (Wildman–Crippen LogP) is 3.65. The minimum atomic E-state index is -4.65. The lowest BCUT2D eigenvalue weighted by Crippen LogP contribution is -2.39. The zero-order chi connectivity index (χ0) is 23.7. The topological polar surface area (TPSA) is 99.2 Å². The number of likely N-dealkylation sites (N-methyl/N-ethyl adjacent to an activating group) is 1. The number of aromatic nitrogens is 2. The molecule has 0 saturated carbocycles. The first-order chi connectivity index (χ1) is 14.8. The molecule has 0 fully saturated rings. The molecule has 0 bridgehead atoms. The summed E-state index contributed by atoms with van der Waals surface area (Å²) in [4.78, 5) is 33.0. The van der Waals surface area contributed by atoms with Crippen molar-refractivity contribution in [3.63, 3.8) is 0 Å². The van der Waals surface area contributed by atoms with Crippen molar-refractivity contribution in [1.82, 2.24) is 14.9 Å². The summed E-state index contributed by atoms with van der Waals surface area (Å²) in [6, 6.07) is 5.09. The Balaban J connectivity index is 1.75. The van der Waals surface area contributed by atoms with E-state index in [0.717, 1.165) is 5.56 Å². The van der Waals surface area contributed by atoms with E-state index in [1.165, 1.54) is 4.90 Å². The summed E-state index contributed by atoms with van der Waals surface area (Å²) in [5, 5.41) is 8.25. The average Bonchev–Trinajstić information content (AvgIpc) is 3.05. The van der Waals surface area contributed by atoms with Gasteiger partial charge >= 0.3 is 6.18 Å². The molecule has 3 rings (SSSR count). The third-order valence-electron chi connectivity index (χ3n) is 4.81. The molecule has 2 amide bonds. The van der Waals surface area contributed by atoms with Crippen LogP contribution >= 0.6 is 0 Å². The number of carbonyl (C=O) groups excluding carboxylic acids is 2. The normalized spacial score (nSPS) is 13.4. The van der Waals surface area contributed by atoms with E-state index in [1.54, 1.807) is 46.0 Å². The fourth-order valence-corrected chi connectivity index (χ4v) is 3.24. The second kappa shape index (κ2) is 8.64. The van der Waals surface area contributed by atoms with Crippen molar-refractivity contribution in [2.24, 2.45) is 5.41 Å². The summed E-state index contributed by atoms with van der Waals surface area (Å²) in [6.07, 6.45) is -3.71. The maximum Gasteiger partial charge on any atom is 0.421 e. The Kier molecular flexibility index (Phi) is 6.29. The fourth-order valence-electron chi connectivity index (χ4n) is 3.24. The number of benzene rings is 1. The second-order valence-electron chi connectivity index (χ2n) is 8.58. The van der Waals surface area contributed by atoms with Gasteiger partial charge in [-0.1, -0.05) is 20.8 Å². The maximum absolute atomic E-state index is 13.4. The Morgan fingerprint density at radius 1 is 1.25 bits per heavy atom. The molecule has 2 aromatic rings. The van der Waals surface area contributed by atoms with Crippen molar-refractivity contribution >= 4 is 35.0 Å². The van der Waals surface area contributed by atoms with Crippen LogP contribution in [0.5, 0.6) is 0 Å². The number of hydrogen-bond donors (Lipinski definition) is 3. The van der Waals surface area contributed by atoms with Crippen LogP contribution in [0.1, 0.15) is 31.9 Å². The van der Waals surface area contributed by atoms with Gasteiger partial charge in [0, 0.05) is 43.1 Å². The Morgan fingerprint density at radius 3 is 2.62 bits per heavy atom. The highest BCUT2D eigenvalue weighted by molar-refractivity contribution is 5.99. The summed E-state index contributed by atoms with van der Waals surface area (Å²) in [7, 11) is 1.60. The van der Waals surface area contributed by atoms with E-state index in [9.17, 15) is 22.8 Å². The van der Waals surface area contributed by atoms with Crippen LogP contribution in [0.3, 0.4) is 0 Å². The van der Waals surface area contributed by atoms with Gasteiger partial charge in [-0.15, -0.1) is 0 Å². The number of alkyl halides is 3. The molecule has 1 aromatic carbocycles. The van der Waals surface area contributed by atoms with Gasteiger partial charge < -0.3 is 20.9 Å². The van der Waals surface area contributed by atoms with Crippen LogP contribution < -0.4 is 16.0 Å². The first-order valence-corrected chi connectivity index (χ1v) is 9.98. The minimum Gasteiger partial charge on any atom is -0.368 e. The third kappa shape index (κ3) is 5.45. The Bertz CT molecular complexity index is 1030. The molecule has 8 nitrogen and oxygen atoms in total. The van der Waals surface area contributed by atoms with Crippen LogP contribution in [0.4, 0.5) is 36.3 Å². The molecule has 172 valence electrons. The molecule has 1 aliphatic rings. The zero-order valence-electron chi connectivity index (χ0n) is 18.2. The molecule has 3 N–H and O–H groups in total. The van der Waals surface area contributed by atoms with Crippen LogP contribution in [0.15, 0.2) is 24.4 Å². The number of halogens is 3. The number of fused-ring (bicyclic) bond motifs is 1. The lowest BCUT2D eigenvalue weighted by atomic mass is 9.95. The highest BCUT2D eigenvalue weighted by atomic mass is 19.4. The molecular weight excluding hydrogens is 425 g/mol. The van der Waals surface area contributed by atoms with Crippen LogP contribution in [0.2, 0.25) is 0 Å². The van der Waals surface area contributed by atoms with Crippen molar-refractivity contribution in [3.8, 4) is 0 Å². The first-order valence-electron chi connectivity index (χ1n) is 9.98. The number of anilines is 4. The highest BCUT2D eigenvalue weighted by Gasteiger charge is 2.35. The van der Waals surface area contributed by atoms with Crippen LogP contribution in [0, 0.1) is 5.41 Å². The van der Waals surface area contributed by atoms with Gasteiger partial charge in [-0.25, -0.2) is 4.98 Å². The zero-order valence-corrected chi connectivity index (χ0v) is 18.2. The summed E-state index contributed by atoms with van der Waals surface area (Å²) in [6.45, 7) is 5.59. The van der Waals surface area contributed by atoms with Crippen molar-refractivity contribution in [1.29, 1.82) is 0 Å². The van der Waals surface area contributed by atoms with Crippen LogP contribution in [-0.2, 0) is 22.2 Å². The Hall–Kier alpha value is -3.37. The first kappa shape index (κ1) is 23.3. The van der Waals surface area contributed by atoms with Gasteiger partial charge in [0.1, 0.15) is 11.4 Å². The van der Waals surface area contributed by atoms with Gasteiger partial charge in [0.2, 0.25) is 17.8 Å². The van der Waals surface area contributed by atoms with Gasteiger partial charge in [0.05, 0.1) is 6.42 Å². The van der Waals surface area contributed by atoms with Gasteiger partial charge in [-0.05, 0) is 23.8 Å². The Morgan fingerprint density at radius 2 is 1.97 bits per heavy atom. The highest BCUT2D eigenvalue weighted by Crippen LogP contribution is 2.34. The van der Waals surface area contributed by atoms with Gasteiger partial charge in [0.25, 0.3) is 0 Å². The quantitative estimate of drug-likeness (QED) is 0.621. The molecule has 0 saturated heterocycles. The molecule has 1 aliphatic heterocycles. The molecule has 0 spiro atoms. The van der Waals surface area contributed by atoms with Crippen molar-refractivity contribution < 1.29 is 22.8 Å². The summed E-state index contributed by atoms with van der Waals surface area (Å²) < 4.78 is 40.3. The van der Waals surface area contributed by atoms with E-state index in [4.69, 9.17) is 0 Å². The number of carbonyl (C=O) groups is 2. The van der Waals surface area contributed by atoms with Crippen molar-refractivity contribution in [3.05, 3.63) is 35.5 Å². The van der Waals surface area contributed by atoms with E-state index in [2.05, 4.69) is 25.9 Å². The molecular formula is C21H25F3N6O2. The van der Waals surface area contributed by atoms with Gasteiger partial charge in [-0.2, -0.15) is 18.2 Å². The molecule has 0 atom stereocenters. The third-order valence-corrected chi connectivity index (χ3v) is 4.81. The smallest absolute Gasteiger partial charge is 0.368 e. The number of rotatable bonds is 6.